The summed E-state index contributed by atoms with van der Waals surface area (Å²) in [6.07, 6.45) is -0.582. The van der Waals surface area contributed by atoms with E-state index >= 15 is 0 Å². The van der Waals surface area contributed by atoms with Crippen LogP contribution in [-0.2, 0) is 24.7 Å². The van der Waals surface area contributed by atoms with Gasteiger partial charge in [0, 0.05) is 19.4 Å². The molecule has 5 aromatic carbocycles. The van der Waals surface area contributed by atoms with Crippen molar-refractivity contribution in [2.45, 2.75) is 29.8 Å². The molecule has 236 valence electrons. The minimum absolute atomic E-state index is 0.0709. The molecule has 0 saturated heterocycles. The lowest BCUT2D eigenvalue weighted by Crippen LogP contribution is -2.66. The number of hydrogen-bond acceptors (Lipinski definition) is 5. The standard InChI is InChI=1S/C40H36N2O5/c1-41-36(43)25-26-39(37(44)45,38(46)47-27-35-33-23-13-11-21-31(33)32-22-12-14-24-34(32)35)42-40(28-15-5-2-6-16-28,29-17-7-3-8-18-29)30-19-9-4-10-20-30/h2-24,35,42H,25-27H2,1H3,(H,41,43)(H,44,45)/t39-/m0/s1. The van der Waals surface area contributed by atoms with Crippen LogP contribution in [0.15, 0.2) is 140 Å². The van der Waals surface area contributed by atoms with Gasteiger partial charge in [-0.3, -0.25) is 10.1 Å². The second-order valence-corrected chi connectivity index (χ2v) is 11.7. The number of aliphatic carboxylic acids is 1. The van der Waals surface area contributed by atoms with Crippen LogP contribution in [0.5, 0.6) is 0 Å². The largest absolute Gasteiger partial charge is 0.479 e. The molecule has 0 aromatic heterocycles. The summed E-state index contributed by atoms with van der Waals surface area (Å²) in [5, 5.41) is 17.0. The highest BCUT2D eigenvalue weighted by Crippen LogP contribution is 2.45. The second-order valence-electron chi connectivity index (χ2n) is 11.7. The summed E-state index contributed by atoms with van der Waals surface area (Å²) in [6.45, 7) is -0.0709. The number of nitrogens with one attached hydrogen (secondary N) is 2. The zero-order valence-corrected chi connectivity index (χ0v) is 26.1. The van der Waals surface area contributed by atoms with Crippen molar-refractivity contribution in [2.24, 2.45) is 0 Å². The summed E-state index contributed by atoms with van der Waals surface area (Å²) in [7, 11) is 1.48. The number of esters is 1. The smallest absolute Gasteiger partial charge is 0.338 e. The van der Waals surface area contributed by atoms with Crippen LogP contribution in [0.1, 0.15) is 46.6 Å². The summed E-state index contributed by atoms with van der Waals surface area (Å²) < 4.78 is 6.07. The maximum atomic E-state index is 14.6. The minimum Gasteiger partial charge on any atom is -0.479 e. The summed E-state index contributed by atoms with van der Waals surface area (Å²) in [5.41, 5.74) is 2.63. The first-order valence-corrected chi connectivity index (χ1v) is 15.7. The van der Waals surface area contributed by atoms with Crippen LogP contribution in [0.2, 0.25) is 0 Å². The van der Waals surface area contributed by atoms with Gasteiger partial charge in [0.15, 0.2) is 0 Å². The molecular weight excluding hydrogens is 588 g/mol. The van der Waals surface area contributed by atoms with Gasteiger partial charge in [0.05, 0.1) is 5.54 Å². The Morgan fingerprint density at radius 3 is 1.51 bits per heavy atom. The monoisotopic (exact) mass is 624 g/mol. The van der Waals surface area contributed by atoms with Crippen molar-refractivity contribution >= 4 is 17.8 Å². The third-order valence-electron chi connectivity index (χ3n) is 9.08. The van der Waals surface area contributed by atoms with E-state index in [2.05, 4.69) is 10.6 Å². The van der Waals surface area contributed by atoms with Gasteiger partial charge in [-0.1, -0.05) is 140 Å². The molecule has 0 heterocycles. The highest BCUT2D eigenvalue weighted by molar-refractivity contribution is 6.05. The van der Waals surface area contributed by atoms with Crippen molar-refractivity contribution in [3.8, 4) is 11.1 Å². The molecular formula is C40H36N2O5. The van der Waals surface area contributed by atoms with Crippen LogP contribution < -0.4 is 10.6 Å². The van der Waals surface area contributed by atoms with Gasteiger partial charge in [0.25, 0.3) is 0 Å². The third-order valence-corrected chi connectivity index (χ3v) is 9.08. The Kier molecular flexibility index (Phi) is 9.00. The molecule has 3 N–H and O–H groups in total. The maximum Gasteiger partial charge on any atom is 0.338 e. The quantitative estimate of drug-likeness (QED) is 0.0859. The number of rotatable bonds is 12. The molecule has 1 aliphatic rings. The summed E-state index contributed by atoms with van der Waals surface area (Å²) >= 11 is 0. The molecule has 1 amide bonds. The first kappa shape index (κ1) is 31.5. The number of carbonyl (C=O) groups excluding carboxylic acids is 2. The molecule has 0 spiro atoms. The average Bonchev–Trinajstić information content (AvgIpc) is 3.45. The Bertz CT molecular complexity index is 1740. The molecule has 0 aliphatic heterocycles. The molecule has 6 rings (SSSR count). The first-order valence-electron chi connectivity index (χ1n) is 15.7. The van der Waals surface area contributed by atoms with Gasteiger partial charge in [-0.05, 0) is 45.4 Å². The number of carboxylic acid groups (broad SMARTS) is 1. The van der Waals surface area contributed by atoms with Gasteiger partial charge in [0.1, 0.15) is 6.61 Å². The SMILES string of the molecule is CNC(=O)CC[C@](NC(c1ccccc1)(c1ccccc1)c1ccccc1)(C(=O)O)C(=O)OCC1c2ccccc2-c2ccccc21. The van der Waals surface area contributed by atoms with E-state index in [-0.39, 0.29) is 25.4 Å². The molecule has 5 aromatic rings. The van der Waals surface area contributed by atoms with Crippen LogP contribution >= 0.6 is 0 Å². The number of carbonyl (C=O) groups is 3. The Hall–Kier alpha value is -5.53. The molecule has 0 bridgehead atoms. The minimum atomic E-state index is -2.33. The lowest BCUT2D eigenvalue weighted by Gasteiger charge is -2.43. The van der Waals surface area contributed by atoms with Crippen LogP contribution in [-0.4, -0.2) is 42.1 Å². The van der Waals surface area contributed by atoms with Gasteiger partial charge in [0.2, 0.25) is 11.4 Å². The van der Waals surface area contributed by atoms with Crippen LogP contribution in [0.4, 0.5) is 0 Å². The molecule has 0 radical (unpaired) electrons. The van der Waals surface area contributed by atoms with Gasteiger partial charge in [-0.2, -0.15) is 0 Å². The third kappa shape index (κ3) is 5.82. The summed E-state index contributed by atoms with van der Waals surface area (Å²) in [5.74, 6) is -3.08. The Labute approximate surface area is 274 Å². The topological polar surface area (TPSA) is 105 Å². The maximum absolute atomic E-state index is 14.6. The number of benzene rings is 5. The molecule has 47 heavy (non-hydrogen) atoms. The van der Waals surface area contributed by atoms with Crippen LogP contribution in [0, 0.1) is 0 Å². The van der Waals surface area contributed by atoms with E-state index in [1.807, 2.05) is 140 Å². The fraction of sp³-hybridized carbons (Fsp3) is 0.175. The van der Waals surface area contributed by atoms with Crippen LogP contribution in [0.25, 0.3) is 11.1 Å². The highest BCUT2D eigenvalue weighted by Gasteiger charge is 2.54. The summed E-state index contributed by atoms with van der Waals surface area (Å²) in [6, 6.07) is 44.2. The van der Waals surface area contributed by atoms with E-state index in [1.165, 1.54) is 7.05 Å². The Morgan fingerprint density at radius 2 is 1.09 bits per heavy atom. The lowest BCUT2D eigenvalue weighted by atomic mass is 9.74. The van der Waals surface area contributed by atoms with E-state index in [4.69, 9.17) is 4.74 Å². The van der Waals surface area contributed by atoms with Crippen molar-refractivity contribution < 1.29 is 24.2 Å². The van der Waals surface area contributed by atoms with Gasteiger partial charge >= 0.3 is 11.9 Å². The Morgan fingerprint density at radius 1 is 0.660 bits per heavy atom. The number of ether oxygens (including phenoxy) is 1. The van der Waals surface area contributed by atoms with E-state index in [0.717, 1.165) is 38.9 Å². The zero-order chi connectivity index (χ0) is 32.9. The van der Waals surface area contributed by atoms with E-state index < -0.39 is 28.9 Å². The van der Waals surface area contributed by atoms with Gasteiger partial charge in [-0.15, -0.1) is 0 Å². The number of hydrogen-bond donors (Lipinski definition) is 3. The van der Waals surface area contributed by atoms with Crippen molar-refractivity contribution in [2.75, 3.05) is 13.7 Å². The molecule has 7 heteroatoms. The van der Waals surface area contributed by atoms with Crippen molar-refractivity contribution in [3.63, 3.8) is 0 Å². The molecule has 1 atom stereocenters. The summed E-state index contributed by atoms with van der Waals surface area (Å²) in [4.78, 5) is 40.8. The number of amides is 1. The lowest BCUT2D eigenvalue weighted by molar-refractivity contribution is -0.165. The van der Waals surface area contributed by atoms with E-state index in [0.29, 0.717) is 0 Å². The second kappa shape index (κ2) is 13.4. The van der Waals surface area contributed by atoms with E-state index in [1.54, 1.807) is 0 Å². The highest BCUT2D eigenvalue weighted by atomic mass is 16.5. The zero-order valence-electron chi connectivity index (χ0n) is 26.1. The predicted molar refractivity (Wildman–Crippen MR) is 181 cm³/mol. The molecule has 0 saturated carbocycles. The van der Waals surface area contributed by atoms with Gasteiger partial charge < -0.3 is 15.2 Å². The first-order chi connectivity index (χ1) is 22.9. The van der Waals surface area contributed by atoms with Crippen molar-refractivity contribution in [1.29, 1.82) is 0 Å². The molecule has 1 aliphatic carbocycles. The normalized spacial score (nSPS) is 13.6. The fourth-order valence-electron chi connectivity index (χ4n) is 6.71. The Balaban J connectivity index is 1.48. The van der Waals surface area contributed by atoms with Crippen molar-refractivity contribution in [1.82, 2.24) is 10.6 Å². The number of fused-ring (bicyclic) bond motifs is 3. The van der Waals surface area contributed by atoms with Crippen LogP contribution in [0.3, 0.4) is 0 Å². The number of carboxylic acids is 1. The molecule has 0 unspecified atom stereocenters. The average molecular weight is 625 g/mol. The molecule has 0 fully saturated rings. The van der Waals surface area contributed by atoms with Crippen molar-refractivity contribution in [3.05, 3.63) is 167 Å². The van der Waals surface area contributed by atoms with E-state index in [9.17, 15) is 19.5 Å². The predicted octanol–water partition coefficient (Wildman–Crippen LogP) is 6.27. The molecule has 7 nitrogen and oxygen atoms in total. The van der Waals surface area contributed by atoms with Gasteiger partial charge in [-0.25, -0.2) is 9.59 Å². The fourth-order valence-corrected chi connectivity index (χ4v) is 6.71.